The highest BCUT2D eigenvalue weighted by atomic mass is 32.2. The third-order valence-electron chi connectivity index (χ3n) is 7.99. The number of carbonyl (C=O) groups is 4. The zero-order valence-electron chi connectivity index (χ0n) is 30.6. The van der Waals surface area contributed by atoms with Crippen LogP contribution in [0.1, 0.15) is 43.6 Å². The Kier molecular flexibility index (Phi) is 12.2. The van der Waals surface area contributed by atoms with Gasteiger partial charge in [0.25, 0.3) is 11.8 Å². The molecule has 0 spiro atoms. The monoisotopic (exact) mass is 794 g/mol. The number of sulfone groups is 1. The summed E-state index contributed by atoms with van der Waals surface area (Å²) in [6.45, 7) is 1.26. The number of hydrogen-bond acceptors (Lipinski definition) is 16. The van der Waals surface area contributed by atoms with Crippen LogP contribution < -0.4 is 5.32 Å². The molecule has 0 radical (unpaired) electrons. The lowest BCUT2D eigenvalue weighted by Gasteiger charge is -2.17. The number of fused-ring (bicyclic) bond motifs is 3. The lowest BCUT2D eigenvalue weighted by molar-refractivity contribution is -0.129. The zero-order valence-corrected chi connectivity index (χ0v) is 33.0. The number of rotatable bonds is 11. The molecule has 21 heteroatoms. The summed E-state index contributed by atoms with van der Waals surface area (Å²) in [5.74, 6) is -0.233. The molecule has 0 atom stereocenters. The standard InChI is InChI=1S/C20H21N7O2S.C13H17N5O4S2/c1-26(2)15(28)6-7-27(3)20(29)19-25-16-17(22-11-23-18(16)30-19)24-14-5-4-12-9-21-10-13(12)8-14;1-17(2)8(19)5-6-18(3)13(20)11-16-9-10(23-11)14-7-15-12(9)24(4,21)22/h4-5,8,10-11H,6-7,9H2,1-3H3,(H,22,23,24);7H,5-6H2,1-4H3. The predicted octanol–water partition coefficient (Wildman–Crippen LogP) is 2.35. The van der Waals surface area contributed by atoms with Gasteiger partial charge in [-0.3, -0.25) is 24.2 Å². The first-order valence-corrected chi connectivity index (χ1v) is 19.8. The molecular weight excluding hydrogens is 757 g/mol. The van der Waals surface area contributed by atoms with Crippen LogP contribution in [0.5, 0.6) is 0 Å². The van der Waals surface area contributed by atoms with Crippen LogP contribution in [-0.2, 0) is 26.0 Å². The molecule has 1 aromatic carbocycles. The Morgan fingerprint density at radius 1 is 0.759 bits per heavy atom. The summed E-state index contributed by atoms with van der Waals surface area (Å²) in [6.07, 6.45) is 5.90. The normalized spacial score (nSPS) is 11.8. The van der Waals surface area contributed by atoms with Crippen molar-refractivity contribution in [3.8, 4) is 0 Å². The smallest absolute Gasteiger partial charge is 0.282 e. The highest BCUT2D eigenvalue weighted by Crippen LogP contribution is 2.29. The van der Waals surface area contributed by atoms with Crippen LogP contribution in [0.15, 0.2) is 40.9 Å². The molecule has 0 unspecified atom stereocenters. The van der Waals surface area contributed by atoms with E-state index in [-0.39, 0.29) is 52.7 Å². The minimum atomic E-state index is -3.58. The van der Waals surface area contributed by atoms with Gasteiger partial charge in [-0.1, -0.05) is 28.7 Å². The van der Waals surface area contributed by atoms with Crippen molar-refractivity contribution >= 4 is 94.6 Å². The van der Waals surface area contributed by atoms with Crippen LogP contribution in [0.2, 0.25) is 0 Å². The summed E-state index contributed by atoms with van der Waals surface area (Å²) in [5, 5.41) is 3.49. The van der Waals surface area contributed by atoms with Gasteiger partial charge in [-0.2, -0.15) is 0 Å². The highest BCUT2D eigenvalue weighted by Gasteiger charge is 2.24. The minimum absolute atomic E-state index is 0.0318. The molecule has 0 aliphatic carbocycles. The summed E-state index contributed by atoms with van der Waals surface area (Å²) < 4.78 is 23.5. The van der Waals surface area contributed by atoms with Crippen molar-refractivity contribution in [3.63, 3.8) is 0 Å². The number of thiazole rings is 2. The Hall–Kier alpha value is -5.54. The number of benzene rings is 1. The molecule has 5 heterocycles. The van der Waals surface area contributed by atoms with Gasteiger partial charge in [0.05, 0.1) is 6.54 Å². The lowest BCUT2D eigenvalue weighted by atomic mass is 10.1. The third kappa shape index (κ3) is 9.33. The summed E-state index contributed by atoms with van der Waals surface area (Å²) in [6, 6.07) is 6.01. The second-order valence-corrected chi connectivity index (χ2v) is 16.4. The van der Waals surface area contributed by atoms with Crippen molar-refractivity contribution in [3.05, 3.63) is 52.0 Å². The SMILES string of the molecule is CN(C)C(=O)CCN(C)C(=O)c1nc2c(Nc3ccc4c(c3)C=NC4)ncnc2s1.CN(C)C(=O)CCN(C)C(=O)c1nc2c(S(C)(=O)=O)ncnc2s1. The van der Waals surface area contributed by atoms with Crippen LogP contribution in [0, 0.1) is 0 Å². The summed E-state index contributed by atoms with van der Waals surface area (Å²) >= 11 is 2.20. The Morgan fingerprint density at radius 2 is 1.30 bits per heavy atom. The first-order valence-electron chi connectivity index (χ1n) is 16.3. The molecule has 284 valence electrons. The molecule has 6 rings (SSSR count). The van der Waals surface area contributed by atoms with Crippen molar-refractivity contribution in [2.24, 2.45) is 4.99 Å². The fourth-order valence-corrected chi connectivity index (χ4v) is 7.45. The first kappa shape index (κ1) is 39.7. The van der Waals surface area contributed by atoms with Gasteiger partial charge < -0.3 is 24.9 Å². The predicted molar refractivity (Wildman–Crippen MR) is 205 cm³/mol. The van der Waals surface area contributed by atoms with Crippen LogP contribution in [-0.4, -0.2) is 149 Å². The maximum Gasteiger partial charge on any atom is 0.282 e. The van der Waals surface area contributed by atoms with E-state index < -0.39 is 15.7 Å². The Morgan fingerprint density at radius 3 is 1.85 bits per heavy atom. The van der Waals surface area contributed by atoms with E-state index in [9.17, 15) is 27.6 Å². The lowest BCUT2D eigenvalue weighted by Crippen LogP contribution is -2.32. The maximum absolute atomic E-state index is 12.8. The molecule has 4 aromatic heterocycles. The number of anilines is 2. The molecule has 5 aromatic rings. The van der Waals surface area contributed by atoms with E-state index >= 15 is 0 Å². The fraction of sp³-hybridized carbons (Fsp3) is 0.364. The topological polar surface area (TPSA) is 217 Å². The van der Waals surface area contributed by atoms with Crippen molar-refractivity contribution < 1.29 is 27.6 Å². The fourth-order valence-electron chi connectivity index (χ4n) is 4.85. The first-order chi connectivity index (χ1) is 25.5. The van der Waals surface area contributed by atoms with E-state index in [1.54, 1.807) is 42.3 Å². The number of carbonyl (C=O) groups excluding carboxylic acids is 4. The van der Waals surface area contributed by atoms with E-state index in [1.165, 1.54) is 42.8 Å². The van der Waals surface area contributed by atoms with E-state index in [1.807, 2.05) is 24.4 Å². The van der Waals surface area contributed by atoms with Gasteiger partial charge >= 0.3 is 0 Å². The van der Waals surface area contributed by atoms with Crippen LogP contribution in [0.3, 0.4) is 0 Å². The molecule has 1 N–H and O–H groups in total. The van der Waals surface area contributed by atoms with Gasteiger partial charge in [0.1, 0.15) is 33.3 Å². The van der Waals surface area contributed by atoms with Gasteiger partial charge in [0.15, 0.2) is 30.7 Å². The molecule has 0 saturated heterocycles. The number of nitrogens with zero attached hydrogens (tertiary/aromatic N) is 11. The van der Waals surface area contributed by atoms with E-state index in [4.69, 9.17) is 0 Å². The molecule has 54 heavy (non-hydrogen) atoms. The Labute approximate surface area is 318 Å². The van der Waals surface area contributed by atoms with E-state index in [2.05, 4.69) is 40.2 Å². The second kappa shape index (κ2) is 16.6. The summed E-state index contributed by atoms with van der Waals surface area (Å²) in [4.78, 5) is 84.4. The molecule has 4 amide bonds. The molecule has 18 nitrogen and oxygen atoms in total. The Bertz CT molecular complexity index is 2370. The van der Waals surface area contributed by atoms with Gasteiger partial charge in [-0.05, 0) is 23.3 Å². The van der Waals surface area contributed by atoms with Crippen molar-refractivity contribution in [2.75, 3.05) is 66.9 Å². The number of hydrogen-bond donors (Lipinski definition) is 1. The number of nitrogens with one attached hydrogen (secondary N) is 1. The summed E-state index contributed by atoms with van der Waals surface area (Å²) in [5.41, 5.74) is 3.75. The van der Waals surface area contributed by atoms with Crippen LogP contribution in [0.25, 0.3) is 20.7 Å². The Balaban J connectivity index is 0.000000213. The molecule has 0 saturated carbocycles. The quantitative estimate of drug-likeness (QED) is 0.190. The van der Waals surface area contributed by atoms with Gasteiger partial charge in [0, 0.05) is 86.4 Å². The van der Waals surface area contributed by atoms with E-state index in [0.717, 1.165) is 35.2 Å². The number of amides is 4. The van der Waals surface area contributed by atoms with Crippen LogP contribution in [0.4, 0.5) is 11.5 Å². The van der Waals surface area contributed by atoms with Crippen LogP contribution >= 0.6 is 22.7 Å². The number of aromatic nitrogens is 6. The highest BCUT2D eigenvalue weighted by molar-refractivity contribution is 7.90. The average molecular weight is 795 g/mol. The van der Waals surface area contributed by atoms with E-state index in [0.29, 0.717) is 39.1 Å². The maximum atomic E-state index is 12.8. The van der Waals surface area contributed by atoms with Crippen molar-refractivity contribution in [1.29, 1.82) is 0 Å². The zero-order chi connectivity index (χ0) is 39.3. The number of aliphatic imine (C=N–C) groups is 1. The minimum Gasteiger partial charge on any atom is -0.349 e. The van der Waals surface area contributed by atoms with Crippen molar-refractivity contribution in [1.82, 2.24) is 49.5 Å². The second-order valence-electron chi connectivity index (χ2n) is 12.6. The molecular formula is C33H38N12O6S3. The molecule has 0 bridgehead atoms. The molecule has 0 fully saturated rings. The van der Waals surface area contributed by atoms with Gasteiger partial charge in [0.2, 0.25) is 11.8 Å². The largest absolute Gasteiger partial charge is 0.349 e. The average Bonchev–Trinajstić information content (AvgIpc) is 3.90. The van der Waals surface area contributed by atoms with Gasteiger partial charge in [-0.15, -0.1) is 0 Å². The molecule has 1 aliphatic heterocycles. The van der Waals surface area contributed by atoms with Gasteiger partial charge in [-0.25, -0.2) is 38.3 Å². The molecule has 1 aliphatic rings. The summed E-state index contributed by atoms with van der Waals surface area (Å²) in [7, 11) is 6.31. The van der Waals surface area contributed by atoms with Crippen molar-refractivity contribution in [2.45, 2.75) is 24.4 Å². The third-order valence-corrected chi connectivity index (χ3v) is 10.9.